The van der Waals surface area contributed by atoms with E-state index in [1.54, 1.807) is 13.0 Å². The first-order valence-electron chi connectivity index (χ1n) is 5.30. The van der Waals surface area contributed by atoms with Gasteiger partial charge in [0.15, 0.2) is 0 Å². The highest BCUT2D eigenvalue weighted by Crippen LogP contribution is 2.18. The second-order valence-electron chi connectivity index (χ2n) is 3.81. The van der Waals surface area contributed by atoms with Gasteiger partial charge >= 0.3 is 5.97 Å². The van der Waals surface area contributed by atoms with Gasteiger partial charge in [-0.05, 0) is 24.6 Å². The smallest absolute Gasteiger partial charge is 0.337 e. The second kappa shape index (κ2) is 6.31. The Morgan fingerprint density at radius 2 is 2.11 bits per heavy atom. The molecule has 1 aromatic carbocycles. The lowest BCUT2D eigenvalue weighted by Crippen LogP contribution is -2.25. The lowest BCUT2D eigenvalue weighted by atomic mass is 10.1. The van der Waals surface area contributed by atoms with Gasteiger partial charge in [0.1, 0.15) is 0 Å². The molecule has 7 heteroatoms. The van der Waals surface area contributed by atoms with Crippen LogP contribution < -0.4 is 4.72 Å². The van der Waals surface area contributed by atoms with Gasteiger partial charge in [0.05, 0.1) is 17.6 Å². The van der Waals surface area contributed by atoms with Gasteiger partial charge in [0.25, 0.3) is 0 Å². The van der Waals surface area contributed by atoms with Crippen LogP contribution in [0.2, 0.25) is 0 Å². The summed E-state index contributed by atoms with van der Waals surface area (Å²) in [7, 11) is -2.46. The second-order valence-corrected chi connectivity index (χ2v) is 6.67. The number of carbonyl (C=O) groups is 1. The van der Waals surface area contributed by atoms with E-state index in [-0.39, 0.29) is 17.0 Å². The van der Waals surface area contributed by atoms with Gasteiger partial charge in [0, 0.05) is 11.0 Å². The number of halogens is 1. The van der Waals surface area contributed by atoms with Crippen LogP contribution in [0, 0.1) is 6.92 Å². The summed E-state index contributed by atoms with van der Waals surface area (Å²) < 4.78 is 31.6. The molecule has 0 heterocycles. The number of nitrogens with one attached hydrogen (secondary N) is 1. The van der Waals surface area contributed by atoms with Crippen molar-refractivity contribution in [2.24, 2.45) is 0 Å². The lowest BCUT2D eigenvalue weighted by molar-refractivity contribution is 0.0600. The van der Waals surface area contributed by atoms with E-state index in [0.29, 0.717) is 10.0 Å². The minimum atomic E-state index is -3.70. The van der Waals surface area contributed by atoms with Gasteiger partial charge < -0.3 is 4.74 Å². The van der Waals surface area contributed by atoms with E-state index in [1.165, 1.54) is 19.2 Å². The van der Waals surface area contributed by atoms with Crippen molar-refractivity contribution in [1.29, 1.82) is 0 Å². The fraction of sp³-hybridized carbons (Fsp3) is 0.250. The van der Waals surface area contributed by atoms with Gasteiger partial charge in [-0.2, -0.15) is 0 Å². The molecular weight excluding hydrogens is 334 g/mol. The van der Waals surface area contributed by atoms with E-state index in [4.69, 9.17) is 0 Å². The van der Waals surface area contributed by atoms with E-state index < -0.39 is 16.0 Å². The third-order valence-corrected chi connectivity index (χ3v) is 4.18. The highest BCUT2D eigenvalue weighted by atomic mass is 79.9. The molecule has 0 aromatic heterocycles. The number of methoxy groups -OCH3 is 1. The normalized spacial score (nSPS) is 11.1. The molecule has 0 fully saturated rings. The summed E-state index contributed by atoms with van der Waals surface area (Å²) in [6, 6.07) is 4.37. The largest absolute Gasteiger partial charge is 0.465 e. The number of ether oxygens (including phenoxy) is 1. The molecule has 0 bridgehead atoms. The SMILES string of the molecule is C=C(Br)CNS(=O)(=O)c1cc(C(=O)OC)ccc1C. The zero-order valence-electron chi connectivity index (χ0n) is 10.6. The number of hydrogen-bond donors (Lipinski definition) is 1. The molecule has 0 atom stereocenters. The van der Waals surface area contributed by atoms with Gasteiger partial charge in [-0.3, -0.25) is 0 Å². The van der Waals surface area contributed by atoms with E-state index in [2.05, 4.69) is 32.0 Å². The molecule has 0 amide bonds. The molecule has 0 saturated heterocycles. The monoisotopic (exact) mass is 347 g/mol. The highest BCUT2D eigenvalue weighted by Gasteiger charge is 2.19. The van der Waals surface area contributed by atoms with Crippen molar-refractivity contribution < 1.29 is 17.9 Å². The zero-order chi connectivity index (χ0) is 14.6. The van der Waals surface area contributed by atoms with Crippen molar-refractivity contribution >= 4 is 31.9 Å². The Bertz CT molecular complexity index is 610. The topological polar surface area (TPSA) is 72.5 Å². The number of esters is 1. The first-order chi connectivity index (χ1) is 8.77. The summed E-state index contributed by atoms with van der Waals surface area (Å²) >= 11 is 3.07. The van der Waals surface area contributed by atoms with Crippen molar-refractivity contribution in [3.05, 3.63) is 40.4 Å². The standard InChI is InChI=1S/C12H14BrNO4S/c1-8-4-5-10(12(15)18-3)6-11(8)19(16,17)14-7-9(2)13/h4-6,14H,2,7H2,1,3H3. The maximum atomic E-state index is 12.1. The van der Waals surface area contributed by atoms with Gasteiger partial charge in [-0.1, -0.05) is 28.6 Å². The summed E-state index contributed by atoms with van der Waals surface area (Å²) in [6.07, 6.45) is 0. The molecule has 0 aliphatic heterocycles. The predicted octanol–water partition coefficient (Wildman–Crippen LogP) is 1.97. The first kappa shape index (κ1) is 15.9. The first-order valence-corrected chi connectivity index (χ1v) is 7.57. The maximum Gasteiger partial charge on any atom is 0.337 e. The molecule has 1 N–H and O–H groups in total. The molecule has 0 saturated carbocycles. The van der Waals surface area contributed by atoms with Crippen molar-refractivity contribution in [3.63, 3.8) is 0 Å². The summed E-state index contributed by atoms with van der Waals surface area (Å²) in [5.41, 5.74) is 0.728. The summed E-state index contributed by atoms with van der Waals surface area (Å²) in [6.45, 7) is 5.27. The van der Waals surface area contributed by atoms with E-state index in [0.717, 1.165) is 0 Å². The average Bonchev–Trinajstić information content (AvgIpc) is 2.36. The Morgan fingerprint density at radius 1 is 1.47 bits per heavy atom. The van der Waals surface area contributed by atoms with Crippen LogP contribution >= 0.6 is 15.9 Å². The van der Waals surface area contributed by atoms with E-state index in [9.17, 15) is 13.2 Å². The fourth-order valence-electron chi connectivity index (χ4n) is 1.39. The average molecular weight is 348 g/mol. The van der Waals surface area contributed by atoms with Crippen molar-refractivity contribution in [3.8, 4) is 0 Å². The van der Waals surface area contributed by atoms with Crippen LogP contribution in [0.15, 0.2) is 34.2 Å². The molecule has 1 rings (SSSR count). The van der Waals surface area contributed by atoms with Crippen molar-refractivity contribution in [2.45, 2.75) is 11.8 Å². The Morgan fingerprint density at radius 3 is 2.63 bits per heavy atom. The Kier molecular flexibility index (Phi) is 5.28. The number of carbonyl (C=O) groups excluding carboxylic acids is 1. The fourth-order valence-corrected chi connectivity index (χ4v) is 3.01. The molecule has 0 radical (unpaired) electrons. The maximum absolute atomic E-state index is 12.1. The third kappa shape index (κ3) is 4.15. The zero-order valence-corrected chi connectivity index (χ0v) is 13.0. The van der Waals surface area contributed by atoms with Crippen LogP contribution in [0.1, 0.15) is 15.9 Å². The number of sulfonamides is 1. The summed E-state index contributed by atoms with van der Waals surface area (Å²) in [5, 5.41) is 0. The molecule has 19 heavy (non-hydrogen) atoms. The van der Waals surface area contributed by atoms with Gasteiger partial charge in [0.2, 0.25) is 10.0 Å². The summed E-state index contributed by atoms with van der Waals surface area (Å²) in [5.74, 6) is -0.582. The summed E-state index contributed by atoms with van der Waals surface area (Å²) in [4.78, 5) is 11.5. The lowest BCUT2D eigenvalue weighted by Gasteiger charge is -2.10. The predicted molar refractivity (Wildman–Crippen MR) is 75.8 cm³/mol. The quantitative estimate of drug-likeness (QED) is 0.826. The number of aryl methyl sites for hydroxylation is 1. The third-order valence-electron chi connectivity index (χ3n) is 2.35. The number of rotatable bonds is 5. The van der Waals surface area contributed by atoms with E-state index >= 15 is 0 Å². The van der Waals surface area contributed by atoms with Crippen LogP contribution in [0.4, 0.5) is 0 Å². The molecule has 0 aliphatic rings. The highest BCUT2D eigenvalue weighted by molar-refractivity contribution is 9.11. The van der Waals surface area contributed by atoms with Gasteiger partial charge in [-0.25, -0.2) is 17.9 Å². The Balaban J connectivity index is 3.18. The molecule has 5 nitrogen and oxygen atoms in total. The van der Waals surface area contributed by atoms with Crippen LogP contribution in [-0.4, -0.2) is 28.0 Å². The number of benzene rings is 1. The van der Waals surface area contributed by atoms with Crippen molar-refractivity contribution in [2.75, 3.05) is 13.7 Å². The minimum absolute atomic E-state index is 0.0455. The van der Waals surface area contributed by atoms with Crippen molar-refractivity contribution in [1.82, 2.24) is 4.72 Å². The van der Waals surface area contributed by atoms with Gasteiger partial charge in [-0.15, -0.1) is 0 Å². The Labute approximate surface area is 120 Å². The van der Waals surface area contributed by atoms with Crippen LogP contribution in [0.25, 0.3) is 0 Å². The van der Waals surface area contributed by atoms with Crippen LogP contribution in [0.3, 0.4) is 0 Å². The Hall–Kier alpha value is -1.18. The van der Waals surface area contributed by atoms with Crippen LogP contribution in [0.5, 0.6) is 0 Å². The molecule has 1 aromatic rings. The van der Waals surface area contributed by atoms with Crippen LogP contribution in [-0.2, 0) is 14.8 Å². The molecule has 0 unspecified atom stereocenters. The molecular formula is C12H14BrNO4S. The number of hydrogen-bond acceptors (Lipinski definition) is 4. The molecule has 0 aliphatic carbocycles. The van der Waals surface area contributed by atoms with E-state index in [1.807, 2.05) is 0 Å². The molecule has 104 valence electrons. The molecule has 0 spiro atoms. The minimum Gasteiger partial charge on any atom is -0.465 e.